The minimum absolute atomic E-state index is 0.569. The molecular formula is C11H25N3O. The van der Waals surface area contributed by atoms with Crippen LogP contribution in [-0.2, 0) is 0 Å². The summed E-state index contributed by atoms with van der Waals surface area (Å²) in [7, 11) is 3.97. The summed E-state index contributed by atoms with van der Waals surface area (Å²) >= 11 is 0. The van der Waals surface area contributed by atoms with Crippen LogP contribution in [0.2, 0.25) is 0 Å². The number of hydrogen-bond acceptors (Lipinski definition) is 4. The van der Waals surface area contributed by atoms with E-state index in [1.165, 1.54) is 0 Å². The molecule has 1 rings (SSSR count). The molecule has 0 spiro atoms. The quantitative estimate of drug-likeness (QED) is 0.586. The molecule has 1 saturated heterocycles. The summed E-state index contributed by atoms with van der Waals surface area (Å²) in [5.74, 6) is 0. The van der Waals surface area contributed by atoms with Crippen molar-refractivity contribution in [1.82, 2.24) is 15.5 Å². The molecule has 0 aromatic rings. The molecule has 1 fully saturated rings. The summed E-state index contributed by atoms with van der Waals surface area (Å²) < 4.78 is 0. The van der Waals surface area contributed by atoms with Gasteiger partial charge in [0.25, 0.3) is 0 Å². The Morgan fingerprint density at radius 2 is 2.00 bits per heavy atom. The summed E-state index contributed by atoms with van der Waals surface area (Å²) in [6, 6.07) is 0.569. The van der Waals surface area contributed by atoms with Crippen LogP contribution in [-0.4, -0.2) is 61.9 Å². The molecule has 0 aromatic heterocycles. The topological polar surface area (TPSA) is 47.5 Å². The highest BCUT2D eigenvalue weighted by Gasteiger charge is 2.23. The van der Waals surface area contributed by atoms with E-state index in [0.717, 1.165) is 25.9 Å². The van der Waals surface area contributed by atoms with Gasteiger partial charge in [0.05, 0.1) is 5.60 Å². The SMILES string of the molecule is CN(C)CC(C)(O)CNC1CCNCC1. The Labute approximate surface area is 93.0 Å². The fourth-order valence-electron chi connectivity index (χ4n) is 2.13. The fraction of sp³-hybridized carbons (Fsp3) is 1.00. The van der Waals surface area contributed by atoms with Gasteiger partial charge >= 0.3 is 0 Å². The van der Waals surface area contributed by atoms with Crippen LogP contribution in [0.3, 0.4) is 0 Å². The van der Waals surface area contributed by atoms with Crippen LogP contribution in [0.25, 0.3) is 0 Å². The average Bonchev–Trinajstić information content (AvgIpc) is 2.15. The Morgan fingerprint density at radius 1 is 1.40 bits per heavy atom. The van der Waals surface area contributed by atoms with Crippen LogP contribution in [0.4, 0.5) is 0 Å². The first-order valence-corrected chi connectivity index (χ1v) is 5.81. The third-order valence-electron chi connectivity index (χ3n) is 2.77. The van der Waals surface area contributed by atoms with Gasteiger partial charge in [-0.25, -0.2) is 0 Å². The van der Waals surface area contributed by atoms with Crippen molar-refractivity contribution in [2.45, 2.75) is 31.4 Å². The zero-order valence-corrected chi connectivity index (χ0v) is 10.2. The van der Waals surface area contributed by atoms with Gasteiger partial charge in [-0.1, -0.05) is 0 Å². The van der Waals surface area contributed by atoms with Crippen LogP contribution in [0.5, 0.6) is 0 Å². The molecule has 1 unspecified atom stereocenters. The predicted octanol–water partition coefficient (Wildman–Crippen LogP) is -0.359. The molecule has 90 valence electrons. The molecule has 0 radical (unpaired) electrons. The highest BCUT2D eigenvalue weighted by atomic mass is 16.3. The Balaban J connectivity index is 2.21. The number of hydrogen-bond donors (Lipinski definition) is 3. The molecule has 1 aliphatic rings. The molecule has 1 aliphatic heterocycles. The Morgan fingerprint density at radius 3 is 2.53 bits per heavy atom. The van der Waals surface area contributed by atoms with Crippen molar-refractivity contribution in [3.8, 4) is 0 Å². The van der Waals surface area contributed by atoms with E-state index in [9.17, 15) is 5.11 Å². The number of nitrogens with one attached hydrogen (secondary N) is 2. The number of likely N-dealkylation sites (N-methyl/N-ethyl adjacent to an activating group) is 1. The van der Waals surface area contributed by atoms with Gasteiger partial charge in [0.1, 0.15) is 0 Å². The second-order valence-electron chi connectivity index (χ2n) is 5.14. The Kier molecular flexibility index (Phi) is 4.99. The van der Waals surface area contributed by atoms with Crippen LogP contribution in [0.15, 0.2) is 0 Å². The Hall–Kier alpha value is -0.160. The third kappa shape index (κ3) is 5.47. The van der Waals surface area contributed by atoms with Crippen LogP contribution >= 0.6 is 0 Å². The fourth-order valence-corrected chi connectivity index (χ4v) is 2.13. The molecule has 4 nitrogen and oxygen atoms in total. The maximum absolute atomic E-state index is 10.1. The lowest BCUT2D eigenvalue weighted by molar-refractivity contribution is 0.0304. The summed E-state index contributed by atoms with van der Waals surface area (Å²) in [5.41, 5.74) is -0.631. The highest BCUT2D eigenvalue weighted by molar-refractivity contribution is 4.82. The first-order chi connectivity index (χ1) is 6.99. The summed E-state index contributed by atoms with van der Waals surface area (Å²) in [6.07, 6.45) is 2.33. The van der Waals surface area contributed by atoms with Crippen LogP contribution < -0.4 is 10.6 Å². The zero-order chi connectivity index (χ0) is 11.3. The minimum atomic E-state index is -0.631. The van der Waals surface area contributed by atoms with Crippen molar-refractivity contribution < 1.29 is 5.11 Å². The molecule has 1 atom stereocenters. The van der Waals surface area contributed by atoms with Gasteiger partial charge in [-0.15, -0.1) is 0 Å². The second-order valence-corrected chi connectivity index (χ2v) is 5.14. The van der Waals surface area contributed by atoms with Crippen molar-refractivity contribution in [3.05, 3.63) is 0 Å². The Bertz CT molecular complexity index is 177. The molecule has 0 aliphatic carbocycles. The van der Waals surface area contributed by atoms with Crippen LogP contribution in [0.1, 0.15) is 19.8 Å². The lowest BCUT2D eigenvalue weighted by Gasteiger charge is -2.31. The maximum atomic E-state index is 10.1. The first kappa shape index (κ1) is 12.9. The lowest BCUT2D eigenvalue weighted by Crippen LogP contribution is -2.50. The number of nitrogens with zero attached hydrogens (tertiary/aromatic N) is 1. The zero-order valence-electron chi connectivity index (χ0n) is 10.2. The van der Waals surface area contributed by atoms with E-state index < -0.39 is 5.60 Å². The van der Waals surface area contributed by atoms with Crippen molar-refractivity contribution >= 4 is 0 Å². The van der Waals surface area contributed by atoms with Crippen molar-refractivity contribution in [2.75, 3.05) is 40.3 Å². The number of piperidine rings is 1. The van der Waals surface area contributed by atoms with E-state index >= 15 is 0 Å². The van der Waals surface area contributed by atoms with Gasteiger partial charge in [-0.2, -0.15) is 0 Å². The molecule has 1 heterocycles. The van der Waals surface area contributed by atoms with Gasteiger partial charge in [0, 0.05) is 19.1 Å². The van der Waals surface area contributed by atoms with E-state index in [2.05, 4.69) is 10.6 Å². The molecule has 0 saturated carbocycles. The van der Waals surface area contributed by atoms with Crippen molar-refractivity contribution in [2.24, 2.45) is 0 Å². The summed E-state index contributed by atoms with van der Waals surface area (Å²) in [5, 5.41) is 16.9. The van der Waals surface area contributed by atoms with E-state index in [1.807, 2.05) is 25.9 Å². The second kappa shape index (κ2) is 5.80. The first-order valence-electron chi connectivity index (χ1n) is 5.81. The monoisotopic (exact) mass is 215 g/mol. The predicted molar refractivity (Wildman–Crippen MR) is 63.1 cm³/mol. The molecule has 4 heteroatoms. The lowest BCUT2D eigenvalue weighted by atomic mass is 10.0. The van der Waals surface area contributed by atoms with E-state index in [0.29, 0.717) is 19.1 Å². The highest BCUT2D eigenvalue weighted by Crippen LogP contribution is 2.06. The smallest absolute Gasteiger partial charge is 0.0869 e. The van der Waals surface area contributed by atoms with Gasteiger partial charge in [-0.05, 0) is 47.0 Å². The van der Waals surface area contributed by atoms with Crippen molar-refractivity contribution in [3.63, 3.8) is 0 Å². The van der Waals surface area contributed by atoms with Gasteiger partial charge in [-0.3, -0.25) is 0 Å². The molecule has 15 heavy (non-hydrogen) atoms. The molecule has 0 aromatic carbocycles. The molecule has 3 N–H and O–H groups in total. The summed E-state index contributed by atoms with van der Waals surface area (Å²) in [4.78, 5) is 2.02. The minimum Gasteiger partial charge on any atom is -0.388 e. The van der Waals surface area contributed by atoms with Gasteiger partial charge < -0.3 is 20.6 Å². The van der Waals surface area contributed by atoms with E-state index in [1.54, 1.807) is 0 Å². The maximum Gasteiger partial charge on any atom is 0.0869 e. The molecule has 0 bridgehead atoms. The molecule has 0 amide bonds. The largest absolute Gasteiger partial charge is 0.388 e. The van der Waals surface area contributed by atoms with Gasteiger partial charge in [0.2, 0.25) is 0 Å². The number of rotatable bonds is 5. The van der Waals surface area contributed by atoms with E-state index in [4.69, 9.17) is 0 Å². The third-order valence-corrected chi connectivity index (χ3v) is 2.77. The average molecular weight is 215 g/mol. The summed E-state index contributed by atoms with van der Waals surface area (Å²) in [6.45, 7) is 5.45. The van der Waals surface area contributed by atoms with Crippen LogP contribution in [0, 0.1) is 0 Å². The normalized spacial score (nSPS) is 23.0. The number of aliphatic hydroxyl groups is 1. The standard InChI is InChI=1S/C11H25N3O/c1-11(15,9-14(2)3)8-13-10-4-6-12-7-5-10/h10,12-13,15H,4-9H2,1-3H3. The van der Waals surface area contributed by atoms with E-state index in [-0.39, 0.29) is 0 Å². The molecular weight excluding hydrogens is 190 g/mol. The van der Waals surface area contributed by atoms with Gasteiger partial charge in [0.15, 0.2) is 0 Å². The van der Waals surface area contributed by atoms with Crippen molar-refractivity contribution in [1.29, 1.82) is 0 Å².